The highest BCUT2D eigenvalue weighted by atomic mass is 16.3. The predicted octanol–water partition coefficient (Wildman–Crippen LogP) is 0.381. The molecule has 0 bridgehead atoms. The van der Waals surface area contributed by atoms with Crippen LogP contribution in [0.5, 0.6) is 5.88 Å². The van der Waals surface area contributed by atoms with Crippen molar-refractivity contribution >= 4 is 16.9 Å². The molecule has 0 aliphatic carbocycles. The first-order chi connectivity index (χ1) is 11.0. The average Bonchev–Trinajstić information content (AvgIpc) is 3.06. The van der Waals surface area contributed by atoms with Gasteiger partial charge in [-0.25, -0.2) is 9.36 Å². The summed E-state index contributed by atoms with van der Waals surface area (Å²) >= 11 is 0. The third kappa shape index (κ3) is 1.62. The van der Waals surface area contributed by atoms with Crippen LogP contribution in [0.4, 0.5) is 0 Å². The van der Waals surface area contributed by atoms with Crippen molar-refractivity contribution in [3.05, 3.63) is 57.4 Å². The van der Waals surface area contributed by atoms with Crippen molar-refractivity contribution in [1.82, 2.24) is 23.1 Å². The highest BCUT2D eigenvalue weighted by Crippen LogP contribution is 2.24. The summed E-state index contributed by atoms with van der Waals surface area (Å²) in [5, 5.41) is 10.2. The van der Waals surface area contributed by atoms with Gasteiger partial charge in [-0.1, -0.05) is 18.2 Å². The van der Waals surface area contributed by atoms with E-state index in [1.54, 1.807) is 7.05 Å². The zero-order valence-corrected chi connectivity index (χ0v) is 12.5. The second-order valence-corrected chi connectivity index (χ2v) is 5.32. The standard InChI is InChI=1S/C15H13N5O3/c1-17-12-11(13(22)18(2)15(17)23)19-8-10(21)20(14(19)16-12)9-6-4-3-5-7-9/h3-8,21H,1-2H3. The topological polar surface area (TPSA) is 86.5 Å². The van der Waals surface area contributed by atoms with E-state index in [9.17, 15) is 14.7 Å². The lowest BCUT2D eigenvalue weighted by atomic mass is 10.3. The van der Waals surface area contributed by atoms with Gasteiger partial charge in [0.1, 0.15) is 0 Å². The molecule has 8 heteroatoms. The molecule has 0 aliphatic heterocycles. The first-order valence-electron chi connectivity index (χ1n) is 6.94. The Labute approximate surface area is 129 Å². The van der Waals surface area contributed by atoms with Crippen LogP contribution in [0, 0.1) is 0 Å². The van der Waals surface area contributed by atoms with E-state index in [2.05, 4.69) is 4.98 Å². The highest BCUT2D eigenvalue weighted by molar-refractivity contribution is 5.76. The number of para-hydroxylation sites is 1. The van der Waals surface area contributed by atoms with Crippen LogP contribution in [0.25, 0.3) is 22.6 Å². The van der Waals surface area contributed by atoms with E-state index in [4.69, 9.17) is 0 Å². The minimum atomic E-state index is -0.458. The number of benzene rings is 1. The SMILES string of the molecule is Cn1c(=O)c2c(nc3n(-c4ccccc4)c(O)cn23)n(C)c1=O. The Morgan fingerprint density at radius 2 is 1.74 bits per heavy atom. The van der Waals surface area contributed by atoms with E-state index in [0.717, 1.165) is 4.57 Å². The van der Waals surface area contributed by atoms with E-state index in [1.165, 1.54) is 26.8 Å². The molecular formula is C15H13N5O3. The van der Waals surface area contributed by atoms with E-state index in [1.807, 2.05) is 30.3 Å². The van der Waals surface area contributed by atoms with Crippen molar-refractivity contribution in [2.45, 2.75) is 0 Å². The van der Waals surface area contributed by atoms with Crippen LogP contribution in [-0.4, -0.2) is 28.2 Å². The van der Waals surface area contributed by atoms with Gasteiger partial charge in [-0.05, 0) is 12.1 Å². The summed E-state index contributed by atoms with van der Waals surface area (Å²) in [7, 11) is 2.97. The van der Waals surface area contributed by atoms with E-state index in [0.29, 0.717) is 11.5 Å². The van der Waals surface area contributed by atoms with Crippen LogP contribution in [0.3, 0.4) is 0 Å². The molecule has 0 saturated heterocycles. The summed E-state index contributed by atoms with van der Waals surface area (Å²) in [6.45, 7) is 0. The second kappa shape index (κ2) is 4.35. The van der Waals surface area contributed by atoms with Gasteiger partial charge in [-0.3, -0.25) is 18.3 Å². The number of hydrogen-bond donors (Lipinski definition) is 1. The fourth-order valence-electron chi connectivity index (χ4n) is 2.78. The number of fused-ring (bicyclic) bond motifs is 3. The summed E-state index contributed by atoms with van der Waals surface area (Å²) in [5.41, 5.74) is 0.323. The lowest BCUT2D eigenvalue weighted by Crippen LogP contribution is -2.37. The van der Waals surface area contributed by atoms with Gasteiger partial charge in [0.25, 0.3) is 5.56 Å². The Balaban J connectivity index is 2.24. The van der Waals surface area contributed by atoms with Crippen molar-refractivity contribution in [1.29, 1.82) is 0 Å². The molecule has 0 spiro atoms. The van der Waals surface area contributed by atoms with Crippen LogP contribution in [0.1, 0.15) is 0 Å². The van der Waals surface area contributed by atoms with Crippen LogP contribution in [0.15, 0.2) is 46.1 Å². The molecule has 0 saturated carbocycles. The van der Waals surface area contributed by atoms with Gasteiger partial charge in [0.2, 0.25) is 11.7 Å². The third-order valence-electron chi connectivity index (χ3n) is 3.96. The number of aromatic hydroxyl groups is 1. The molecule has 1 N–H and O–H groups in total. The maximum Gasteiger partial charge on any atom is 0.332 e. The van der Waals surface area contributed by atoms with Gasteiger partial charge < -0.3 is 5.11 Å². The molecule has 4 aromatic rings. The Hall–Kier alpha value is -3.29. The van der Waals surface area contributed by atoms with Crippen molar-refractivity contribution in [2.75, 3.05) is 0 Å². The quantitative estimate of drug-likeness (QED) is 0.550. The van der Waals surface area contributed by atoms with Crippen LogP contribution in [-0.2, 0) is 14.1 Å². The molecule has 116 valence electrons. The van der Waals surface area contributed by atoms with Gasteiger partial charge in [-0.2, -0.15) is 4.98 Å². The minimum absolute atomic E-state index is 0.0449. The zero-order chi connectivity index (χ0) is 16.3. The zero-order valence-electron chi connectivity index (χ0n) is 12.5. The maximum absolute atomic E-state index is 12.4. The molecule has 3 heterocycles. The molecule has 0 aliphatic rings. The largest absolute Gasteiger partial charge is 0.493 e. The normalized spacial score (nSPS) is 11.6. The van der Waals surface area contributed by atoms with Crippen molar-refractivity contribution < 1.29 is 5.11 Å². The number of nitrogens with zero attached hydrogens (tertiary/aromatic N) is 5. The second-order valence-electron chi connectivity index (χ2n) is 5.32. The fraction of sp³-hybridized carbons (Fsp3) is 0.133. The number of rotatable bonds is 1. The molecule has 0 fully saturated rings. The van der Waals surface area contributed by atoms with Crippen LogP contribution < -0.4 is 11.2 Å². The summed E-state index contributed by atoms with van der Waals surface area (Å²) in [4.78, 5) is 28.9. The van der Waals surface area contributed by atoms with Crippen LogP contribution in [0.2, 0.25) is 0 Å². The summed E-state index contributed by atoms with van der Waals surface area (Å²) in [5.74, 6) is 0.318. The Bertz CT molecular complexity index is 1180. The number of aromatic nitrogens is 5. The monoisotopic (exact) mass is 311 g/mol. The molecule has 0 radical (unpaired) electrons. The molecule has 0 atom stereocenters. The molecule has 23 heavy (non-hydrogen) atoms. The van der Waals surface area contributed by atoms with Gasteiger partial charge in [0.15, 0.2) is 11.2 Å². The molecule has 8 nitrogen and oxygen atoms in total. The first-order valence-corrected chi connectivity index (χ1v) is 6.94. The van der Waals surface area contributed by atoms with Gasteiger partial charge in [0, 0.05) is 14.1 Å². The number of hydrogen-bond acceptors (Lipinski definition) is 4. The number of aryl methyl sites for hydroxylation is 1. The molecule has 4 rings (SSSR count). The van der Waals surface area contributed by atoms with Crippen molar-refractivity contribution in [3.8, 4) is 11.6 Å². The Morgan fingerprint density at radius 1 is 1.04 bits per heavy atom. The summed E-state index contributed by atoms with van der Waals surface area (Å²) in [6.07, 6.45) is 1.42. The summed E-state index contributed by atoms with van der Waals surface area (Å²) < 4.78 is 5.35. The average molecular weight is 311 g/mol. The van der Waals surface area contributed by atoms with Crippen molar-refractivity contribution in [2.24, 2.45) is 14.1 Å². The van der Waals surface area contributed by atoms with Gasteiger partial charge in [-0.15, -0.1) is 0 Å². The van der Waals surface area contributed by atoms with Crippen LogP contribution >= 0.6 is 0 Å². The molecule has 1 aromatic carbocycles. The smallest absolute Gasteiger partial charge is 0.332 e. The molecule has 0 amide bonds. The molecule has 0 unspecified atom stereocenters. The summed E-state index contributed by atoms with van der Waals surface area (Å²) in [6, 6.07) is 9.17. The lowest BCUT2D eigenvalue weighted by molar-refractivity contribution is 0.444. The first kappa shape index (κ1) is 13.4. The predicted molar refractivity (Wildman–Crippen MR) is 84.2 cm³/mol. The highest BCUT2D eigenvalue weighted by Gasteiger charge is 2.20. The lowest BCUT2D eigenvalue weighted by Gasteiger charge is -2.03. The molecular weight excluding hydrogens is 298 g/mol. The van der Waals surface area contributed by atoms with Gasteiger partial charge in [0.05, 0.1) is 11.9 Å². The Morgan fingerprint density at radius 3 is 2.43 bits per heavy atom. The Kier molecular flexibility index (Phi) is 2.53. The van der Waals surface area contributed by atoms with E-state index < -0.39 is 11.2 Å². The maximum atomic E-state index is 12.4. The fourth-order valence-corrected chi connectivity index (χ4v) is 2.78. The number of imidazole rings is 2. The van der Waals surface area contributed by atoms with E-state index >= 15 is 0 Å². The van der Waals surface area contributed by atoms with E-state index in [-0.39, 0.29) is 17.0 Å². The minimum Gasteiger partial charge on any atom is -0.493 e. The third-order valence-corrected chi connectivity index (χ3v) is 3.96. The van der Waals surface area contributed by atoms with Crippen molar-refractivity contribution in [3.63, 3.8) is 0 Å². The van der Waals surface area contributed by atoms with Gasteiger partial charge >= 0.3 is 5.69 Å². The molecule has 3 aromatic heterocycles.